The zero-order valence-corrected chi connectivity index (χ0v) is 11.4. The third kappa shape index (κ3) is 2.53. The van der Waals surface area contributed by atoms with Gasteiger partial charge in [-0.25, -0.2) is 0 Å². The van der Waals surface area contributed by atoms with Crippen LogP contribution in [-0.4, -0.2) is 0 Å². The van der Waals surface area contributed by atoms with Gasteiger partial charge in [0.1, 0.15) is 0 Å². The molecule has 0 spiro atoms. The highest BCUT2D eigenvalue weighted by Gasteiger charge is 2.45. The van der Waals surface area contributed by atoms with Crippen LogP contribution in [0.25, 0.3) is 0 Å². The fraction of sp³-hybridized carbons (Fsp3) is 0.600. The van der Waals surface area contributed by atoms with E-state index in [4.69, 9.17) is 5.84 Å². The highest BCUT2D eigenvalue weighted by atomic mass is 15.2. The monoisotopic (exact) mass is 232 g/mol. The van der Waals surface area contributed by atoms with Gasteiger partial charge >= 0.3 is 0 Å². The Balaban J connectivity index is 2.23. The molecule has 94 valence electrons. The minimum atomic E-state index is 0.216. The van der Waals surface area contributed by atoms with Crippen molar-refractivity contribution < 1.29 is 0 Å². The molecule has 1 aromatic carbocycles. The summed E-state index contributed by atoms with van der Waals surface area (Å²) in [4.78, 5) is 0. The standard InChI is InChI=1S/C15H24N2/c1-14(2,3)12-7-5-11(6-8-12)13(17-16)15(4)9-10-15/h5-8,13,17H,9-10,16H2,1-4H3. The molecule has 0 bridgehead atoms. The van der Waals surface area contributed by atoms with Gasteiger partial charge in [-0.1, -0.05) is 52.0 Å². The summed E-state index contributed by atoms with van der Waals surface area (Å²) in [5.74, 6) is 5.70. The van der Waals surface area contributed by atoms with E-state index in [1.807, 2.05) is 0 Å². The van der Waals surface area contributed by atoms with Gasteiger partial charge in [0.25, 0.3) is 0 Å². The van der Waals surface area contributed by atoms with E-state index < -0.39 is 0 Å². The largest absolute Gasteiger partial charge is 0.271 e. The fourth-order valence-electron chi connectivity index (χ4n) is 2.36. The maximum atomic E-state index is 5.70. The van der Waals surface area contributed by atoms with Crippen LogP contribution < -0.4 is 11.3 Å². The number of rotatable bonds is 3. The van der Waals surface area contributed by atoms with Gasteiger partial charge in [-0.05, 0) is 34.8 Å². The first-order valence-corrected chi connectivity index (χ1v) is 6.43. The molecule has 1 unspecified atom stereocenters. The summed E-state index contributed by atoms with van der Waals surface area (Å²) in [5.41, 5.74) is 6.23. The van der Waals surface area contributed by atoms with E-state index in [1.54, 1.807) is 0 Å². The highest BCUT2D eigenvalue weighted by molar-refractivity contribution is 5.31. The van der Waals surface area contributed by atoms with Crippen molar-refractivity contribution in [1.82, 2.24) is 5.43 Å². The molecular formula is C15H24N2. The van der Waals surface area contributed by atoms with Gasteiger partial charge in [-0.15, -0.1) is 0 Å². The van der Waals surface area contributed by atoms with Gasteiger partial charge in [-0.2, -0.15) is 0 Å². The molecule has 2 heteroatoms. The summed E-state index contributed by atoms with van der Waals surface area (Å²) < 4.78 is 0. The van der Waals surface area contributed by atoms with E-state index >= 15 is 0 Å². The van der Waals surface area contributed by atoms with Gasteiger partial charge in [0.05, 0.1) is 6.04 Å². The molecule has 17 heavy (non-hydrogen) atoms. The second kappa shape index (κ2) is 4.11. The van der Waals surface area contributed by atoms with Gasteiger partial charge in [0.2, 0.25) is 0 Å². The Hall–Kier alpha value is -0.860. The van der Waals surface area contributed by atoms with Crippen LogP contribution in [0.4, 0.5) is 0 Å². The lowest BCUT2D eigenvalue weighted by Crippen LogP contribution is -2.33. The Kier molecular flexibility index (Phi) is 3.04. The molecule has 1 saturated carbocycles. The quantitative estimate of drug-likeness (QED) is 0.620. The van der Waals surface area contributed by atoms with Crippen LogP contribution >= 0.6 is 0 Å². The molecule has 0 aromatic heterocycles. The van der Waals surface area contributed by atoms with Crippen molar-refractivity contribution in [3.63, 3.8) is 0 Å². The minimum absolute atomic E-state index is 0.216. The maximum Gasteiger partial charge on any atom is 0.0513 e. The molecule has 2 rings (SSSR count). The first-order chi connectivity index (χ1) is 7.87. The minimum Gasteiger partial charge on any atom is -0.271 e. The Bertz CT molecular complexity index is 382. The SMILES string of the molecule is CC(C)(C)c1ccc(C(NN)C2(C)CC2)cc1. The second-order valence-electron chi connectivity index (χ2n) is 6.63. The van der Waals surface area contributed by atoms with Crippen molar-refractivity contribution in [2.24, 2.45) is 11.3 Å². The number of hydrogen-bond acceptors (Lipinski definition) is 2. The van der Waals surface area contributed by atoms with Crippen LogP contribution in [0.1, 0.15) is 57.7 Å². The summed E-state index contributed by atoms with van der Waals surface area (Å²) in [7, 11) is 0. The molecule has 1 fully saturated rings. The molecular weight excluding hydrogens is 208 g/mol. The zero-order chi connectivity index (χ0) is 12.7. The zero-order valence-electron chi connectivity index (χ0n) is 11.4. The summed E-state index contributed by atoms with van der Waals surface area (Å²) >= 11 is 0. The topological polar surface area (TPSA) is 38.0 Å². The lowest BCUT2D eigenvalue weighted by Gasteiger charge is -2.25. The molecule has 1 aliphatic carbocycles. The molecule has 0 saturated heterocycles. The van der Waals surface area contributed by atoms with Crippen molar-refractivity contribution >= 4 is 0 Å². The molecule has 1 atom stereocenters. The molecule has 1 aliphatic rings. The summed E-state index contributed by atoms with van der Waals surface area (Å²) in [6.45, 7) is 9.02. The Morgan fingerprint density at radius 2 is 1.71 bits per heavy atom. The summed E-state index contributed by atoms with van der Waals surface area (Å²) in [6, 6.07) is 9.18. The Morgan fingerprint density at radius 1 is 1.18 bits per heavy atom. The molecule has 0 amide bonds. The molecule has 0 heterocycles. The lowest BCUT2D eigenvalue weighted by atomic mass is 9.85. The number of hydrogen-bond donors (Lipinski definition) is 2. The lowest BCUT2D eigenvalue weighted by molar-refractivity contribution is 0.372. The Labute approximate surface area is 105 Å². The third-order valence-electron chi connectivity index (χ3n) is 4.01. The van der Waals surface area contributed by atoms with E-state index in [9.17, 15) is 0 Å². The van der Waals surface area contributed by atoms with Crippen LogP contribution in [0.3, 0.4) is 0 Å². The fourth-order valence-corrected chi connectivity index (χ4v) is 2.36. The van der Waals surface area contributed by atoms with Crippen LogP contribution in [0.15, 0.2) is 24.3 Å². The Morgan fingerprint density at radius 3 is 2.06 bits per heavy atom. The van der Waals surface area contributed by atoms with Gasteiger partial charge in [0, 0.05) is 0 Å². The normalized spacial score (nSPS) is 20.1. The number of benzene rings is 1. The van der Waals surface area contributed by atoms with Crippen LogP contribution in [0.5, 0.6) is 0 Å². The molecule has 0 radical (unpaired) electrons. The number of nitrogens with two attached hydrogens (primary N) is 1. The van der Waals surface area contributed by atoms with E-state index in [1.165, 1.54) is 24.0 Å². The third-order valence-corrected chi connectivity index (χ3v) is 4.01. The van der Waals surface area contributed by atoms with Crippen molar-refractivity contribution in [2.75, 3.05) is 0 Å². The number of hydrazine groups is 1. The van der Waals surface area contributed by atoms with Crippen molar-refractivity contribution in [3.8, 4) is 0 Å². The molecule has 3 N–H and O–H groups in total. The first kappa shape index (κ1) is 12.6. The van der Waals surface area contributed by atoms with Crippen molar-refractivity contribution in [3.05, 3.63) is 35.4 Å². The molecule has 0 aliphatic heterocycles. The van der Waals surface area contributed by atoms with Gasteiger partial charge in [-0.3, -0.25) is 11.3 Å². The number of nitrogens with one attached hydrogen (secondary N) is 1. The maximum absolute atomic E-state index is 5.70. The van der Waals surface area contributed by atoms with E-state index in [-0.39, 0.29) is 11.5 Å². The second-order valence-corrected chi connectivity index (χ2v) is 6.63. The summed E-state index contributed by atoms with van der Waals surface area (Å²) in [5, 5.41) is 0. The highest BCUT2D eigenvalue weighted by Crippen LogP contribution is 2.54. The van der Waals surface area contributed by atoms with Crippen molar-refractivity contribution in [1.29, 1.82) is 0 Å². The van der Waals surface area contributed by atoms with E-state index in [0.717, 1.165) is 0 Å². The van der Waals surface area contributed by atoms with E-state index in [2.05, 4.69) is 57.4 Å². The van der Waals surface area contributed by atoms with Crippen LogP contribution in [-0.2, 0) is 5.41 Å². The molecule has 2 nitrogen and oxygen atoms in total. The smallest absolute Gasteiger partial charge is 0.0513 e. The van der Waals surface area contributed by atoms with E-state index in [0.29, 0.717) is 5.41 Å². The summed E-state index contributed by atoms with van der Waals surface area (Å²) in [6.07, 6.45) is 2.53. The van der Waals surface area contributed by atoms with Gasteiger partial charge in [0.15, 0.2) is 0 Å². The predicted molar refractivity (Wildman–Crippen MR) is 72.5 cm³/mol. The first-order valence-electron chi connectivity index (χ1n) is 6.43. The van der Waals surface area contributed by atoms with Crippen LogP contribution in [0.2, 0.25) is 0 Å². The average molecular weight is 232 g/mol. The van der Waals surface area contributed by atoms with Gasteiger partial charge < -0.3 is 0 Å². The molecule has 1 aromatic rings. The van der Waals surface area contributed by atoms with Crippen LogP contribution in [0, 0.1) is 5.41 Å². The predicted octanol–water partition coefficient (Wildman–Crippen LogP) is 3.29. The van der Waals surface area contributed by atoms with Crippen molar-refractivity contribution in [2.45, 2.75) is 52.0 Å². The average Bonchev–Trinajstić information content (AvgIpc) is 2.97.